The Hall–Kier alpha value is -0.300. The number of rotatable bonds is 4. The highest BCUT2D eigenvalue weighted by molar-refractivity contribution is 5.08. The van der Waals surface area contributed by atoms with Crippen LogP contribution in [0.3, 0.4) is 0 Å². The van der Waals surface area contributed by atoms with Crippen molar-refractivity contribution in [3.05, 3.63) is 11.6 Å². The second-order valence-electron chi connectivity index (χ2n) is 3.42. The van der Waals surface area contributed by atoms with Crippen LogP contribution in [0.2, 0.25) is 0 Å². The molecule has 0 fully saturated rings. The molecule has 1 heteroatoms. The van der Waals surface area contributed by atoms with Crippen LogP contribution in [0, 0.1) is 0 Å². The average Bonchev–Trinajstić information content (AvgIpc) is 2.40. The minimum atomic E-state index is 0.671. The molecule has 0 aromatic rings. The van der Waals surface area contributed by atoms with Crippen LogP contribution in [0.1, 0.15) is 39.5 Å². The van der Waals surface area contributed by atoms with Crippen LogP contribution in [0.15, 0.2) is 11.6 Å². The van der Waals surface area contributed by atoms with Gasteiger partial charge in [0.15, 0.2) is 0 Å². The summed E-state index contributed by atoms with van der Waals surface area (Å²) in [4.78, 5) is 0. The molecule has 1 unspecified atom stereocenters. The van der Waals surface area contributed by atoms with Crippen LogP contribution in [-0.2, 0) is 0 Å². The highest BCUT2D eigenvalue weighted by atomic mass is 14.9. The molecule has 1 nitrogen and oxygen atoms in total. The Labute approximate surface area is 69.9 Å². The van der Waals surface area contributed by atoms with Crippen molar-refractivity contribution < 1.29 is 0 Å². The zero-order chi connectivity index (χ0) is 8.10. The molecule has 0 amide bonds. The lowest BCUT2D eigenvalue weighted by Gasteiger charge is -2.12. The highest BCUT2D eigenvalue weighted by Gasteiger charge is 2.07. The highest BCUT2D eigenvalue weighted by Crippen LogP contribution is 2.21. The van der Waals surface area contributed by atoms with Crippen LogP contribution in [0.4, 0.5) is 0 Å². The quantitative estimate of drug-likeness (QED) is 0.612. The van der Waals surface area contributed by atoms with Gasteiger partial charge in [-0.1, -0.05) is 18.6 Å². The first-order valence-corrected chi connectivity index (χ1v) is 4.74. The third-order valence-corrected chi connectivity index (χ3v) is 2.26. The summed E-state index contributed by atoms with van der Waals surface area (Å²) in [6.07, 6.45) is 7.71. The van der Waals surface area contributed by atoms with E-state index >= 15 is 0 Å². The van der Waals surface area contributed by atoms with Gasteiger partial charge in [0.2, 0.25) is 0 Å². The van der Waals surface area contributed by atoms with Gasteiger partial charge in [-0.2, -0.15) is 0 Å². The first-order valence-electron chi connectivity index (χ1n) is 4.74. The van der Waals surface area contributed by atoms with Crippen molar-refractivity contribution in [3.63, 3.8) is 0 Å². The summed E-state index contributed by atoms with van der Waals surface area (Å²) in [5.74, 6) is 0. The molecule has 1 aliphatic carbocycles. The van der Waals surface area contributed by atoms with Crippen LogP contribution in [-0.4, -0.2) is 12.6 Å². The van der Waals surface area contributed by atoms with Crippen molar-refractivity contribution in [1.29, 1.82) is 0 Å². The van der Waals surface area contributed by atoms with Gasteiger partial charge < -0.3 is 5.32 Å². The summed E-state index contributed by atoms with van der Waals surface area (Å²) in [5, 5.41) is 3.43. The van der Waals surface area contributed by atoms with E-state index < -0.39 is 0 Å². The van der Waals surface area contributed by atoms with Crippen molar-refractivity contribution in [2.75, 3.05) is 6.54 Å². The van der Waals surface area contributed by atoms with Crippen LogP contribution in [0.5, 0.6) is 0 Å². The van der Waals surface area contributed by atoms with Crippen LogP contribution in [0.25, 0.3) is 0 Å². The van der Waals surface area contributed by atoms with Gasteiger partial charge in [-0.05, 0) is 39.2 Å². The molecule has 64 valence electrons. The fourth-order valence-corrected chi connectivity index (χ4v) is 1.74. The molecule has 0 spiro atoms. The van der Waals surface area contributed by atoms with E-state index in [-0.39, 0.29) is 0 Å². The summed E-state index contributed by atoms with van der Waals surface area (Å²) < 4.78 is 0. The summed E-state index contributed by atoms with van der Waals surface area (Å²) >= 11 is 0. The largest absolute Gasteiger partial charge is 0.314 e. The maximum absolute atomic E-state index is 3.43. The van der Waals surface area contributed by atoms with Crippen LogP contribution >= 0.6 is 0 Å². The Balaban J connectivity index is 2.18. The molecule has 11 heavy (non-hydrogen) atoms. The topological polar surface area (TPSA) is 12.0 Å². The van der Waals surface area contributed by atoms with E-state index in [1.807, 2.05) is 0 Å². The number of hydrogen-bond acceptors (Lipinski definition) is 1. The molecule has 0 radical (unpaired) electrons. The second-order valence-corrected chi connectivity index (χ2v) is 3.42. The van der Waals surface area contributed by atoms with Crippen molar-refractivity contribution in [3.8, 4) is 0 Å². The molecule has 0 saturated carbocycles. The van der Waals surface area contributed by atoms with E-state index in [0.717, 1.165) is 6.54 Å². The molecule has 1 N–H and O–H groups in total. The second kappa shape index (κ2) is 4.55. The minimum absolute atomic E-state index is 0.671. The van der Waals surface area contributed by atoms with Crippen molar-refractivity contribution >= 4 is 0 Å². The molecule has 0 aromatic carbocycles. The zero-order valence-electron chi connectivity index (χ0n) is 7.69. The first-order chi connectivity index (χ1) is 5.33. The minimum Gasteiger partial charge on any atom is -0.314 e. The maximum atomic E-state index is 3.43. The lowest BCUT2D eigenvalue weighted by atomic mass is 10.1. The van der Waals surface area contributed by atoms with E-state index in [9.17, 15) is 0 Å². The predicted molar refractivity (Wildman–Crippen MR) is 49.7 cm³/mol. The maximum Gasteiger partial charge on any atom is 0.00757 e. The normalized spacial score (nSPS) is 20.0. The monoisotopic (exact) mass is 153 g/mol. The van der Waals surface area contributed by atoms with Gasteiger partial charge >= 0.3 is 0 Å². The number of hydrogen-bond donors (Lipinski definition) is 1. The fourth-order valence-electron chi connectivity index (χ4n) is 1.74. The van der Waals surface area contributed by atoms with Gasteiger partial charge in [-0.15, -0.1) is 0 Å². The van der Waals surface area contributed by atoms with Gasteiger partial charge in [0.25, 0.3) is 0 Å². The summed E-state index contributed by atoms with van der Waals surface area (Å²) in [7, 11) is 0. The number of allylic oxidation sites excluding steroid dienone is 1. The third-order valence-electron chi connectivity index (χ3n) is 2.26. The lowest BCUT2D eigenvalue weighted by molar-refractivity contribution is 0.558. The molecule has 0 aromatic heterocycles. The standard InChI is InChI=1S/C10H19N/c1-3-11-9(2)8-10-6-4-5-7-10/h6,9,11H,3-5,7-8H2,1-2H3. The van der Waals surface area contributed by atoms with Crippen molar-refractivity contribution in [2.24, 2.45) is 0 Å². The van der Waals surface area contributed by atoms with Gasteiger partial charge in [0, 0.05) is 6.04 Å². The molecule has 1 atom stereocenters. The van der Waals surface area contributed by atoms with Gasteiger partial charge in [-0.25, -0.2) is 0 Å². The average molecular weight is 153 g/mol. The molecular formula is C10H19N. The van der Waals surface area contributed by atoms with E-state index in [1.54, 1.807) is 5.57 Å². The van der Waals surface area contributed by atoms with Crippen molar-refractivity contribution in [2.45, 2.75) is 45.6 Å². The Kier molecular flexibility index (Phi) is 3.64. The Morgan fingerprint density at radius 2 is 2.45 bits per heavy atom. The van der Waals surface area contributed by atoms with Gasteiger partial charge in [0.1, 0.15) is 0 Å². The molecule has 0 aliphatic heterocycles. The van der Waals surface area contributed by atoms with Gasteiger partial charge in [0.05, 0.1) is 0 Å². The van der Waals surface area contributed by atoms with Crippen molar-refractivity contribution in [1.82, 2.24) is 5.32 Å². The third kappa shape index (κ3) is 3.06. The SMILES string of the molecule is CCNC(C)CC1=CCCC1. The molecule has 0 saturated heterocycles. The number of nitrogens with one attached hydrogen (secondary N) is 1. The lowest BCUT2D eigenvalue weighted by Crippen LogP contribution is -2.25. The first kappa shape index (κ1) is 8.79. The smallest absolute Gasteiger partial charge is 0.00757 e. The van der Waals surface area contributed by atoms with E-state index in [1.165, 1.54) is 25.7 Å². The molecule has 1 aliphatic rings. The molecule has 0 bridgehead atoms. The van der Waals surface area contributed by atoms with E-state index in [4.69, 9.17) is 0 Å². The van der Waals surface area contributed by atoms with E-state index in [2.05, 4.69) is 25.2 Å². The van der Waals surface area contributed by atoms with Crippen LogP contribution < -0.4 is 5.32 Å². The predicted octanol–water partition coefficient (Wildman–Crippen LogP) is 2.48. The fraction of sp³-hybridized carbons (Fsp3) is 0.800. The van der Waals surface area contributed by atoms with Gasteiger partial charge in [-0.3, -0.25) is 0 Å². The summed E-state index contributed by atoms with van der Waals surface area (Å²) in [6, 6.07) is 0.671. The Morgan fingerprint density at radius 3 is 3.00 bits per heavy atom. The molecule has 0 heterocycles. The Bertz CT molecular complexity index is 138. The van der Waals surface area contributed by atoms with E-state index in [0.29, 0.717) is 6.04 Å². The summed E-state index contributed by atoms with van der Waals surface area (Å²) in [5.41, 5.74) is 1.67. The Morgan fingerprint density at radius 1 is 1.64 bits per heavy atom. The zero-order valence-corrected chi connectivity index (χ0v) is 7.69. The molecule has 1 rings (SSSR count). The summed E-state index contributed by atoms with van der Waals surface area (Å²) in [6.45, 7) is 5.52. The molecular weight excluding hydrogens is 134 g/mol.